The number of rotatable bonds is 3. The van der Waals surface area contributed by atoms with Crippen LogP contribution in [0.15, 0.2) is 24.3 Å². The Labute approximate surface area is 150 Å². The average Bonchev–Trinajstić information content (AvgIpc) is 2.52. The van der Waals surface area contributed by atoms with Crippen molar-refractivity contribution in [3.63, 3.8) is 0 Å². The highest BCUT2D eigenvalue weighted by Crippen LogP contribution is 2.35. The molecule has 0 spiro atoms. The van der Waals surface area contributed by atoms with Gasteiger partial charge >= 0.3 is 12.1 Å². The molecule has 10 nitrogen and oxygen atoms in total. The van der Waals surface area contributed by atoms with Gasteiger partial charge < -0.3 is 0 Å². The Hall–Kier alpha value is -3.27. The minimum absolute atomic E-state index is 0.281. The molecule has 134 valence electrons. The van der Waals surface area contributed by atoms with Crippen molar-refractivity contribution >= 4 is 47.3 Å². The molecular weight excluding hydrogens is 368 g/mol. The monoisotopic (exact) mass is 378 g/mol. The SMILES string of the molecule is O=C1NC(=O)C(C(c2ccc(Cl)cc2)C2C(=O)NC(=O)NC2=O)C(=O)N1. The van der Waals surface area contributed by atoms with Gasteiger partial charge in [-0.3, -0.25) is 40.4 Å². The van der Waals surface area contributed by atoms with E-state index < -0.39 is 53.4 Å². The second kappa shape index (κ2) is 6.56. The summed E-state index contributed by atoms with van der Waals surface area (Å²) in [5.74, 6) is -8.22. The molecule has 0 aliphatic carbocycles. The summed E-state index contributed by atoms with van der Waals surface area (Å²) in [5.41, 5.74) is 0.281. The summed E-state index contributed by atoms with van der Waals surface area (Å²) in [6.45, 7) is 0. The van der Waals surface area contributed by atoms with Crippen LogP contribution >= 0.6 is 11.6 Å². The van der Waals surface area contributed by atoms with Gasteiger partial charge in [-0.25, -0.2) is 9.59 Å². The number of nitrogens with one attached hydrogen (secondary N) is 4. The summed E-state index contributed by atoms with van der Waals surface area (Å²) < 4.78 is 0. The van der Waals surface area contributed by atoms with Crippen molar-refractivity contribution < 1.29 is 28.8 Å². The fourth-order valence-electron chi connectivity index (χ4n) is 2.97. The number of barbiturate groups is 2. The lowest BCUT2D eigenvalue weighted by atomic mass is 9.74. The van der Waals surface area contributed by atoms with Crippen molar-refractivity contribution in [1.29, 1.82) is 0 Å². The average molecular weight is 379 g/mol. The summed E-state index contributed by atoms with van der Waals surface area (Å²) in [7, 11) is 0. The molecule has 0 unspecified atom stereocenters. The zero-order chi connectivity index (χ0) is 19.0. The number of amides is 8. The van der Waals surface area contributed by atoms with E-state index in [2.05, 4.69) is 0 Å². The first-order valence-electron chi connectivity index (χ1n) is 7.35. The highest BCUT2D eigenvalue weighted by Gasteiger charge is 2.50. The molecule has 2 saturated heterocycles. The van der Waals surface area contributed by atoms with Gasteiger partial charge in [0, 0.05) is 10.9 Å². The molecule has 0 atom stereocenters. The number of carbonyl (C=O) groups excluding carboxylic acids is 6. The summed E-state index contributed by atoms with van der Waals surface area (Å²) in [4.78, 5) is 71.7. The zero-order valence-corrected chi connectivity index (χ0v) is 13.6. The predicted molar refractivity (Wildman–Crippen MR) is 84.5 cm³/mol. The molecule has 8 amide bonds. The zero-order valence-electron chi connectivity index (χ0n) is 12.9. The van der Waals surface area contributed by atoms with Crippen LogP contribution in [0.3, 0.4) is 0 Å². The maximum absolute atomic E-state index is 12.3. The van der Waals surface area contributed by atoms with Gasteiger partial charge in [0.05, 0.1) is 0 Å². The van der Waals surface area contributed by atoms with Crippen molar-refractivity contribution in [2.24, 2.45) is 11.8 Å². The molecule has 2 heterocycles. The Morgan fingerprint density at radius 1 is 0.654 bits per heavy atom. The Bertz CT molecular complexity index is 764. The molecular formula is C15H11ClN4O6. The second-order valence-electron chi connectivity index (χ2n) is 5.65. The van der Waals surface area contributed by atoms with Crippen molar-refractivity contribution in [1.82, 2.24) is 21.3 Å². The molecule has 3 rings (SSSR count). The molecule has 0 radical (unpaired) electrons. The quantitative estimate of drug-likeness (QED) is 0.515. The molecule has 26 heavy (non-hydrogen) atoms. The molecule has 1 aromatic rings. The van der Waals surface area contributed by atoms with Crippen LogP contribution in [-0.4, -0.2) is 35.7 Å². The Balaban J connectivity index is 2.09. The fourth-order valence-corrected chi connectivity index (χ4v) is 3.10. The van der Waals surface area contributed by atoms with Crippen LogP contribution in [0.5, 0.6) is 0 Å². The normalized spacial score (nSPS) is 19.2. The second-order valence-corrected chi connectivity index (χ2v) is 6.08. The smallest absolute Gasteiger partial charge is 0.277 e. The van der Waals surface area contributed by atoms with Crippen molar-refractivity contribution in [3.8, 4) is 0 Å². The van der Waals surface area contributed by atoms with Gasteiger partial charge in [-0.15, -0.1) is 0 Å². The van der Waals surface area contributed by atoms with Crippen molar-refractivity contribution in [2.45, 2.75) is 5.92 Å². The minimum Gasteiger partial charge on any atom is -0.277 e. The largest absolute Gasteiger partial charge is 0.328 e. The number of hydrogen-bond acceptors (Lipinski definition) is 6. The van der Waals surface area contributed by atoms with E-state index in [1.54, 1.807) is 0 Å². The van der Waals surface area contributed by atoms with Gasteiger partial charge in [0.15, 0.2) is 0 Å². The number of carbonyl (C=O) groups is 6. The van der Waals surface area contributed by atoms with Crippen LogP contribution in [0.1, 0.15) is 11.5 Å². The maximum atomic E-state index is 12.3. The van der Waals surface area contributed by atoms with Gasteiger partial charge in [-0.05, 0) is 17.7 Å². The summed E-state index contributed by atoms with van der Waals surface area (Å²) in [6.07, 6.45) is 0. The molecule has 0 bridgehead atoms. The van der Waals surface area contributed by atoms with Crippen LogP contribution in [0.25, 0.3) is 0 Å². The van der Waals surface area contributed by atoms with Gasteiger partial charge in [-0.2, -0.15) is 0 Å². The third kappa shape index (κ3) is 3.14. The number of halogens is 1. The molecule has 2 aliphatic rings. The van der Waals surface area contributed by atoms with Crippen LogP contribution < -0.4 is 21.3 Å². The van der Waals surface area contributed by atoms with Gasteiger partial charge in [0.2, 0.25) is 23.6 Å². The number of imide groups is 4. The predicted octanol–water partition coefficient (Wildman–Crippen LogP) is -0.612. The first kappa shape index (κ1) is 17.5. The summed E-state index contributed by atoms with van der Waals surface area (Å²) >= 11 is 5.83. The molecule has 4 N–H and O–H groups in total. The number of urea groups is 2. The van der Waals surface area contributed by atoms with Crippen LogP contribution in [0.2, 0.25) is 5.02 Å². The van der Waals surface area contributed by atoms with E-state index in [-0.39, 0.29) is 5.56 Å². The number of benzene rings is 1. The first-order chi connectivity index (χ1) is 12.3. The third-order valence-electron chi connectivity index (χ3n) is 4.05. The van der Waals surface area contributed by atoms with Gasteiger partial charge in [0.1, 0.15) is 11.8 Å². The van der Waals surface area contributed by atoms with Crippen LogP contribution in [0, 0.1) is 11.8 Å². The topological polar surface area (TPSA) is 151 Å². The van der Waals surface area contributed by atoms with Crippen molar-refractivity contribution in [3.05, 3.63) is 34.9 Å². The van der Waals surface area contributed by atoms with E-state index in [4.69, 9.17) is 11.6 Å². The first-order valence-corrected chi connectivity index (χ1v) is 7.72. The van der Waals surface area contributed by atoms with E-state index in [9.17, 15) is 28.8 Å². The standard InChI is InChI=1S/C15H11ClN4O6/c16-6-3-1-5(2-4-6)7(8-10(21)17-14(25)18-11(8)22)9-12(23)19-15(26)20-13(9)24/h1-4,7-9H,(H2,17,18,21,22,25)(H2,19,20,23,24,26). The Morgan fingerprint density at radius 3 is 1.35 bits per heavy atom. The van der Waals surface area contributed by atoms with E-state index in [1.807, 2.05) is 21.3 Å². The summed E-state index contributed by atoms with van der Waals surface area (Å²) in [6, 6.07) is 3.80. The molecule has 2 aliphatic heterocycles. The van der Waals surface area contributed by atoms with E-state index in [1.165, 1.54) is 24.3 Å². The highest BCUT2D eigenvalue weighted by molar-refractivity contribution is 6.30. The summed E-state index contributed by atoms with van der Waals surface area (Å²) in [5, 5.41) is 8.09. The lowest BCUT2D eigenvalue weighted by Gasteiger charge is -2.34. The lowest BCUT2D eigenvalue weighted by molar-refractivity contribution is -0.141. The molecule has 2 fully saturated rings. The number of hydrogen-bond donors (Lipinski definition) is 4. The van der Waals surface area contributed by atoms with Crippen LogP contribution in [0.4, 0.5) is 9.59 Å². The van der Waals surface area contributed by atoms with E-state index in [0.717, 1.165) is 0 Å². The maximum Gasteiger partial charge on any atom is 0.328 e. The molecule has 11 heteroatoms. The lowest BCUT2D eigenvalue weighted by Crippen LogP contribution is -2.62. The van der Waals surface area contributed by atoms with Gasteiger partial charge in [0.25, 0.3) is 0 Å². The Kier molecular flexibility index (Phi) is 4.43. The van der Waals surface area contributed by atoms with E-state index >= 15 is 0 Å². The van der Waals surface area contributed by atoms with Crippen LogP contribution in [-0.2, 0) is 19.2 Å². The third-order valence-corrected chi connectivity index (χ3v) is 4.30. The van der Waals surface area contributed by atoms with E-state index in [0.29, 0.717) is 5.02 Å². The molecule has 1 aromatic carbocycles. The van der Waals surface area contributed by atoms with Crippen molar-refractivity contribution in [2.75, 3.05) is 0 Å². The van der Waals surface area contributed by atoms with Gasteiger partial charge in [-0.1, -0.05) is 23.7 Å². The minimum atomic E-state index is -1.55. The Morgan fingerprint density at radius 2 is 1.00 bits per heavy atom. The molecule has 0 aromatic heterocycles. The fraction of sp³-hybridized carbons (Fsp3) is 0.200. The highest BCUT2D eigenvalue weighted by atomic mass is 35.5. The molecule has 0 saturated carbocycles.